The molecule has 0 unspecified atom stereocenters. The van der Waals surface area contributed by atoms with Crippen LogP contribution in [0.25, 0.3) is 0 Å². The van der Waals surface area contributed by atoms with Gasteiger partial charge in [0, 0.05) is 17.5 Å². The maximum atomic E-state index is 11.2. The SMILES string of the molecule is CCCCCCCSc1nc(C)cc(=O)[nH]1. The number of nitrogens with zero attached hydrogens (tertiary/aromatic N) is 1. The van der Waals surface area contributed by atoms with E-state index in [1.54, 1.807) is 11.8 Å². The van der Waals surface area contributed by atoms with Crippen molar-refractivity contribution in [2.45, 2.75) is 51.1 Å². The highest BCUT2D eigenvalue weighted by Crippen LogP contribution is 2.14. The Labute approximate surface area is 101 Å². The first-order valence-electron chi connectivity index (χ1n) is 5.93. The van der Waals surface area contributed by atoms with Gasteiger partial charge in [0.25, 0.3) is 5.56 Å². The molecular formula is C12H20N2OS. The average molecular weight is 240 g/mol. The van der Waals surface area contributed by atoms with Gasteiger partial charge in [0.15, 0.2) is 5.16 Å². The van der Waals surface area contributed by atoms with Gasteiger partial charge in [0.1, 0.15) is 0 Å². The van der Waals surface area contributed by atoms with Crippen molar-refractivity contribution >= 4 is 11.8 Å². The largest absolute Gasteiger partial charge is 0.301 e. The van der Waals surface area contributed by atoms with Gasteiger partial charge in [0.2, 0.25) is 0 Å². The van der Waals surface area contributed by atoms with Gasteiger partial charge in [0.05, 0.1) is 0 Å². The molecule has 90 valence electrons. The van der Waals surface area contributed by atoms with E-state index in [4.69, 9.17) is 0 Å². The van der Waals surface area contributed by atoms with Crippen molar-refractivity contribution in [3.63, 3.8) is 0 Å². The van der Waals surface area contributed by atoms with Gasteiger partial charge >= 0.3 is 0 Å². The summed E-state index contributed by atoms with van der Waals surface area (Å²) in [6.45, 7) is 4.07. The van der Waals surface area contributed by atoms with Crippen LogP contribution in [-0.4, -0.2) is 15.7 Å². The summed E-state index contributed by atoms with van der Waals surface area (Å²) >= 11 is 1.64. The van der Waals surface area contributed by atoms with Gasteiger partial charge < -0.3 is 4.98 Å². The first-order chi connectivity index (χ1) is 7.72. The molecule has 0 radical (unpaired) electrons. The van der Waals surface area contributed by atoms with E-state index >= 15 is 0 Å². The van der Waals surface area contributed by atoms with Crippen LogP contribution < -0.4 is 5.56 Å². The molecular weight excluding hydrogens is 220 g/mol. The van der Waals surface area contributed by atoms with E-state index in [1.807, 2.05) is 6.92 Å². The fraction of sp³-hybridized carbons (Fsp3) is 0.667. The molecule has 0 atom stereocenters. The summed E-state index contributed by atoms with van der Waals surface area (Å²) in [6, 6.07) is 1.52. The number of hydrogen-bond donors (Lipinski definition) is 1. The topological polar surface area (TPSA) is 45.8 Å². The van der Waals surface area contributed by atoms with Gasteiger partial charge in [-0.2, -0.15) is 0 Å². The maximum Gasteiger partial charge on any atom is 0.251 e. The summed E-state index contributed by atoms with van der Waals surface area (Å²) in [7, 11) is 0. The molecule has 3 nitrogen and oxygen atoms in total. The van der Waals surface area contributed by atoms with Crippen molar-refractivity contribution in [3.8, 4) is 0 Å². The van der Waals surface area contributed by atoms with E-state index in [0.29, 0.717) is 0 Å². The van der Waals surface area contributed by atoms with Crippen LogP contribution in [0, 0.1) is 6.92 Å². The van der Waals surface area contributed by atoms with Crippen molar-refractivity contribution in [2.24, 2.45) is 0 Å². The monoisotopic (exact) mass is 240 g/mol. The average Bonchev–Trinajstić information content (AvgIpc) is 2.22. The van der Waals surface area contributed by atoms with Gasteiger partial charge in [-0.25, -0.2) is 4.98 Å². The Kier molecular flexibility index (Phi) is 6.23. The number of H-pyrrole nitrogens is 1. The van der Waals surface area contributed by atoms with Gasteiger partial charge in [-0.1, -0.05) is 44.4 Å². The standard InChI is InChI=1S/C12H20N2OS/c1-3-4-5-6-7-8-16-12-13-10(2)9-11(15)14-12/h9H,3-8H2,1-2H3,(H,13,14,15). The Balaban J connectivity index is 2.24. The first-order valence-corrected chi connectivity index (χ1v) is 6.91. The summed E-state index contributed by atoms with van der Waals surface area (Å²) < 4.78 is 0. The molecule has 0 aliphatic carbocycles. The second-order valence-corrected chi connectivity index (χ2v) is 5.04. The number of nitrogens with one attached hydrogen (secondary N) is 1. The summed E-state index contributed by atoms with van der Waals surface area (Å²) in [4.78, 5) is 18.2. The molecule has 1 rings (SSSR count). The highest BCUT2D eigenvalue weighted by molar-refractivity contribution is 7.99. The molecule has 0 saturated carbocycles. The number of aromatic nitrogens is 2. The van der Waals surface area contributed by atoms with Gasteiger partial charge in [-0.15, -0.1) is 0 Å². The third-order valence-corrected chi connectivity index (χ3v) is 3.29. The number of aryl methyl sites for hydroxylation is 1. The van der Waals surface area contributed by atoms with E-state index < -0.39 is 0 Å². The number of hydrogen-bond acceptors (Lipinski definition) is 3. The molecule has 1 aromatic heterocycles. The summed E-state index contributed by atoms with van der Waals surface area (Å²) in [5.41, 5.74) is 0.734. The van der Waals surface area contributed by atoms with Crippen molar-refractivity contribution in [1.29, 1.82) is 0 Å². The highest BCUT2D eigenvalue weighted by atomic mass is 32.2. The van der Waals surface area contributed by atoms with Crippen LogP contribution >= 0.6 is 11.8 Å². The van der Waals surface area contributed by atoms with Gasteiger partial charge in [-0.05, 0) is 13.3 Å². The number of unbranched alkanes of at least 4 members (excludes halogenated alkanes) is 4. The Morgan fingerprint density at radius 1 is 1.31 bits per heavy atom. The smallest absolute Gasteiger partial charge is 0.251 e. The molecule has 1 heterocycles. The molecule has 0 bridgehead atoms. The van der Waals surface area contributed by atoms with Crippen molar-refractivity contribution in [2.75, 3.05) is 5.75 Å². The predicted octanol–water partition coefficient (Wildman–Crippen LogP) is 3.14. The Hall–Kier alpha value is -0.770. The quantitative estimate of drug-likeness (QED) is 0.452. The normalized spacial score (nSPS) is 10.6. The summed E-state index contributed by atoms with van der Waals surface area (Å²) in [6.07, 6.45) is 6.39. The molecule has 1 aromatic rings. The maximum absolute atomic E-state index is 11.2. The van der Waals surface area contributed by atoms with Crippen LogP contribution in [0.3, 0.4) is 0 Å². The zero-order valence-corrected chi connectivity index (χ0v) is 10.9. The number of thioether (sulfide) groups is 1. The lowest BCUT2D eigenvalue weighted by atomic mass is 10.2. The van der Waals surface area contributed by atoms with Crippen LogP contribution in [0.4, 0.5) is 0 Å². The molecule has 0 aliphatic heterocycles. The van der Waals surface area contributed by atoms with Crippen molar-refractivity contribution in [3.05, 3.63) is 22.1 Å². The highest BCUT2D eigenvalue weighted by Gasteiger charge is 1.98. The lowest BCUT2D eigenvalue weighted by Gasteiger charge is -2.01. The third-order valence-electron chi connectivity index (χ3n) is 2.33. The lowest BCUT2D eigenvalue weighted by molar-refractivity contribution is 0.659. The zero-order valence-electron chi connectivity index (χ0n) is 10.1. The lowest BCUT2D eigenvalue weighted by Crippen LogP contribution is -2.08. The first kappa shape index (κ1) is 13.3. The summed E-state index contributed by atoms with van der Waals surface area (Å²) in [5.74, 6) is 1.04. The minimum absolute atomic E-state index is 0.0546. The molecule has 0 aliphatic rings. The molecule has 0 aromatic carbocycles. The minimum atomic E-state index is -0.0546. The molecule has 0 amide bonds. The third kappa shape index (κ3) is 5.35. The van der Waals surface area contributed by atoms with E-state index in [-0.39, 0.29) is 5.56 Å². The summed E-state index contributed by atoms with van der Waals surface area (Å²) in [5, 5.41) is 0.750. The van der Waals surface area contributed by atoms with Crippen molar-refractivity contribution in [1.82, 2.24) is 9.97 Å². The van der Waals surface area contributed by atoms with Crippen LogP contribution in [0.1, 0.15) is 44.7 Å². The zero-order chi connectivity index (χ0) is 11.8. The molecule has 1 N–H and O–H groups in total. The van der Waals surface area contributed by atoms with E-state index in [9.17, 15) is 4.79 Å². The molecule has 16 heavy (non-hydrogen) atoms. The molecule has 0 saturated heterocycles. The molecule has 0 spiro atoms. The number of aromatic amines is 1. The van der Waals surface area contributed by atoms with Crippen LogP contribution in [0.15, 0.2) is 16.0 Å². The number of rotatable bonds is 7. The van der Waals surface area contributed by atoms with E-state index in [1.165, 1.54) is 38.2 Å². The minimum Gasteiger partial charge on any atom is -0.301 e. The van der Waals surface area contributed by atoms with Crippen LogP contribution in [0.5, 0.6) is 0 Å². The van der Waals surface area contributed by atoms with Crippen LogP contribution in [0.2, 0.25) is 0 Å². The van der Waals surface area contributed by atoms with E-state index in [2.05, 4.69) is 16.9 Å². The fourth-order valence-electron chi connectivity index (χ4n) is 1.49. The Morgan fingerprint density at radius 3 is 2.75 bits per heavy atom. The van der Waals surface area contributed by atoms with Crippen molar-refractivity contribution < 1.29 is 0 Å². The molecule has 4 heteroatoms. The van der Waals surface area contributed by atoms with E-state index in [0.717, 1.165) is 16.6 Å². The van der Waals surface area contributed by atoms with Crippen LogP contribution in [-0.2, 0) is 0 Å². The second-order valence-electron chi connectivity index (χ2n) is 3.95. The predicted molar refractivity (Wildman–Crippen MR) is 69.1 cm³/mol. The second kappa shape index (κ2) is 7.49. The Bertz CT molecular complexity index is 362. The van der Waals surface area contributed by atoms with Gasteiger partial charge in [-0.3, -0.25) is 4.79 Å². The fourth-order valence-corrected chi connectivity index (χ4v) is 2.42. The molecule has 0 fully saturated rings. The Morgan fingerprint density at radius 2 is 2.06 bits per heavy atom.